The molecule has 0 fully saturated rings. The number of aliphatic hydroxyl groups is 4. The second kappa shape index (κ2) is 60.3. The maximum atomic E-state index is 13.0. The third-order valence-electron chi connectivity index (χ3n) is 15.8. The molecule has 15 nitrogen and oxygen atoms in total. The van der Waals surface area contributed by atoms with Crippen molar-refractivity contribution < 1.29 is 58.6 Å². The monoisotopic (exact) mass is 1170 g/mol. The first-order valence-corrected chi connectivity index (χ1v) is 34.4. The first-order chi connectivity index (χ1) is 39.9. The number of carbonyl (C=O) groups excluding carboxylic acids is 4. The van der Waals surface area contributed by atoms with E-state index < -0.39 is 48.3 Å². The van der Waals surface area contributed by atoms with Gasteiger partial charge in [-0.15, -0.1) is 0 Å². The third-order valence-corrected chi connectivity index (χ3v) is 15.8. The SMILES string of the molecule is CCCCCCCCCCCCOC(=O)C(O)CN(CCCN(C)CCCN(CC(O)C(=O)OCCCCCCCCCCCC)CC(O)C(=O)OCCCCCCCCCCCC)CC(O)C(=O)OCCCCCCCCCCCC. The molecule has 0 aromatic rings. The van der Waals surface area contributed by atoms with E-state index >= 15 is 0 Å². The van der Waals surface area contributed by atoms with Crippen LogP contribution < -0.4 is 0 Å². The maximum Gasteiger partial charge on any atom is 0.336 e. The lowest BCUT2D eigenvalue weighted by Gasteiger charge is -2.28. The van der Waals surface area contributed by atoms with Crippen LogP contribution in [-0.4, -0.2) is 169 Å². The van der Waals surface area contributed by atoms with Crippen LogP contribution in [0.5, 0.6) is 0 Å². The molecule has 0 aliphatic carbocycles. The van der Waals surface area contributed by atoms with Gasteiger partial charge in [-0.25, -0.2) is 19.2 Å². The molecule has 4 unspecified atom stereocenters. The van der Waals surface area contributed by atoms with Gasteiger partial charge in [0.15, 0.2) is 24.4 Å². The second-order valence-electron chi connectivity index (χ2n) is 24.0. The van der Waals surface area contributed by atoms with Gasteiger partial charge >= 0.3 is 23.9 Å². The molecular formula is C67H131N3O12. The Balaban J connectivity index is 5.42. The minimum Gasteiger partial charge on any atom is -0.464 e. The summed E-state index contributed by atoms with van der Waals surface area (Å²) in [4.78, 5) is 57.4. The third kappa shape index (κ3) is 52.0. The van der Waals surface area contributed by atoms with Gasteiger partial charge in [-0.1, -0.05) is 259 Å². The Kier molecular flexibility index (Phi) is 58.5. The average Bonchev–Trinajstić information content (AvgIpc) is 3.47. The zero-order valence-corrected chi connectivity index (χ0v) is 53.9. The van der Waals surface area contributed by atoms with Crippen molar-refractivity contribution in [3.63, 3.8) is 0 Å². The predicted octanol–water partition coefficient (Wildman–Crippen LogP) is 13.6. The lowest BCUT2D eigenvalue weighted by Crippen LogP contribution is -2.45. The number of hydrogen-bond donors (Lipinski definition) is 4. The van der Waals surface area contributed by atoms with Gasteiger partial charge in [0.2, 0.25) is 0 Å². The standard InChI is InChI=1S/C67H131N3O12/c1-6-10-14-18-22-26-30-34-38-42-52-79-64(75)60(71)56-69(57-61(72)65(76)80-53-43-39-35-31-27-23-19-15-11-7-2)50-46-48-68(5)49-47-51-70(58-62(73)66(77)81-54-44-40-36-32-28-24-20-16-12-8-3)59-63(74)67(78)82-55-45-41-37-33-29-25-21-17-13-9-4/h60-63,71-74H,6-59H2,1-5H3. The lowest BCUT2D eigenvalue weighted by atomic mass is 10.1. The van der Waals surface area contributed by atoms with Crippen molar-refractivity contribution in [2.24, 2.45) is 0 Å². The molecule has 0 amide bonds. The molecule has 0 saturated carbocycles. The Morgan fingerprint density at radius 3 is 0.622 bits per heavy atom. The second-order valence-corrected chi connectivity index (χ2v) is 24.0. The molecule has 0 aromatic carbocycles. The molecule has 0 spiro atoms. The summed E-state index contributed by atoms with van der Waals surface area (Å²) in [6, 6.07) is 0. The Bertz CT molecular complexity index is 1230. The van der Waals surface area contributed by atoms with Crippen molar-refractivity contribution >= 4 is 23.9 Å². The van der Waals surface area contributed by atoms with Crippen LogP contribution in [0.1, 0.15) is 297 Å². The van der Waals surface area contributed by atoms with Crippen LogP contribution in [0.2, 0.25) is 0 Å². The Labute approximate surface area is 502 Å². The molecule has 4 atom stereocenters. The van der Waals surface area contributed by atoms with Gasteiger partial charge in [-0.05, 0) is 71.8 Å². The molecule has 0 aliphatic heterocycles. The summed E-state index contributed by atoms with van der Waals surface area (Å²) >= 11 is 0. The Morgan fingerprint density at radius 2 is 0.439 bits per heavy atom. The normalized spacial score (nSPS) is 13.2. The highest BCUT2D eigenvalue weighted by molar-refractivity contribution is 5.76. The molecule has 0 aromatic heterocycles. The number of carbonyl (C=O) groups is 4. The number of unbranched alkanes of at least 4 members (excludes halogenated alkanes) is 36. The van der Waals surface area contributed by atoms with E-state index in [1.807, 2.05) is 7.05 Å². The molecule has 82 heavy (non-hydrogen) atoms. The first-order valence-electron chi connectivity index (χ1n) is 34.4. The number of aliphatic hydroxyl groups excluding tert-OH is 4. The van der Waals surface area contributed by atoms with Crippen LogP contribution in [0.4, 0.5) is 0 Å². The highest BCUT2D eigenvalue weighted by Crippen LogP contribution is 2.16. The minimum absolute atomic E-state index is 0.119. The van der Waals surface area contributed by atoms with Crippen LogP contribution >= 0.6 is 0 Å². The fourth-order valence-electron chi connectivity index (χ4n) is 10.5. The average molecular weight is 1170 g/mol. The number of nitrogens with zero attached hydrogens (tertiary/aromatic N) is 3. The van der Waals surface area contributed by atoms with Gasteiger partial charge in [-0.2, -0.15) is 0 Å². The summed E-state index contributed by atoms with van der Waals surface area (Å²) in [7, 11) is 1.95. The van der Waals surface area contributed by atoms with E-state index in [0.29, 0.717) is 39.0 Å². The van der Waals surface area contributed by atoms with Crippen LogP contribution in [0.25, 0.3) is 0 Å². The highest BCUT2D eigenvalue weighted by atomic mass is 16.6. The Hall–Kier alpha value is -2.40. The minimum atomic E-state index is -1.46. The Morgan fingerprint density at radius 1 is 0.268 bits per heavy atom. The number of rotatable bonds is 64. The largest absolute Gasteiger partial charge is 0.464 e. The first kappa shape index (κ1) is 79.6. The van der Waals surface area contributed by atoms with E-state index in [1.165, 1.54) is 180 Å². The predicted molar refractivity (Wildman–Crippen MR) is 335 cm³/mol. The van der Waals surface area contributed by atoms with Gasteiger partial charge in [0.1, 0.15) is 0 Å². The van der Waals surface area contributed by atoms with Gasteiger partial charge in [0, 0.05) is 26.2 Å². The molecule has 0 bridgehead atoms. The van der Waals surface area contributed by atoms with E-state index in [0.717, 1.165) is 77.0 Å². The van der Waals surface area contributed by atoms with E-state index in [1.54, 1.807) is 9.80 Å². The molecule has 0 rings (SSSR count). The summed E-state index contributed by atoms with van der Waals surface area (Å²) in [5.74, 6) is -2.89. The topological polar surface area (TPSA) is 196 Å². The summed E-state index contributed by atoms with van der Waals surface area (Å²) in [5, 5.41) is 44.0. The van der Waals surface area contributed by atoms with Gasteiger partial charge in [-0.3, -0.25) is 9.80 Å². The fraction of sp³-hybridized carbons (Fsp3) is 0.940. The van der Waals surface area contributed by atoms with Crippen molar-refractivity contribution in [3.05, 3.63) is 0 Å². The lowest BCUT2D eigenvalue weighted by molar-refractivity contribution is -0.158. The zero-order chi connectivity index (χ0) is 60.4. The van der Waals surface area contributed by atoms with E-state index in [4.69, 9.17) is 18.9 Å². The summed E-state index contributed by atoms with van der Waals surface area (Å²) < 4.78 is 21.9. The fourth-order valence-corrected chi connectivity index (χ4v) is 10.5. The molecule has 0 aliphatic rings. The number of ether oxygens (including phenoxy) is 4. The van der Waals surface area contributed by atoms with Crippen molar-refractivity contribution in [1.82, 2.24) is 14.7 Å². The summed E-state index contributed by atoms with van der Waals surface area (Å²) in [5.41, 5.74) is 0. The van der Waals surface area contributed by atoms with Gasteiger partial charge in [0.05, 0.1) is 26.4 Å². The van der Waals surface area contributed by atoms with E-state index in [9.17, 15) is 39.6 Å². The molecular weight excluding hydrogens is 1040 g/mol. The quantitative estimate of drug-likeness (QED) is 0.0255. The molecule has 4 N–H and O–H groups in total. The van der Waals surface area contributed by atoms with E-state index in [2.05, 4.69) is 32.6 Å². The van der Waals surface area contributed by atoms with Crippen LogP contribution in [-0.2, 0) is 38.1 Å². The van der Waals surface area contributed by atoms with Crippen LogP contribution in [0.15, 0.2) is 0 Å². The molecule has 486 valence electrons. The maximum absolute atomic E-state index is 13.0. The highest BCUT2D eigenvalue weighted by Gasteiger charge is 2.27. The van der Waals surface area contributed by atoms with Gasteiger partial charge in [0.25, 0.3) is 0 Å². The van der Waals surface area contributed by atoms with Crippen molar-refractivity contribution in [3.8, 4) is 0 Å². The van der Waals surface area contributed by atoms with Crippen LogP contribution in [0, 0.1) is 0 Å². The van der Waals surface area contributed by atoms with Crippen molar-refractivity contribution in [2.75, 3.05) is 85.8 Å². The summed E-state index contributed by atoms with van der Waals surface area (Å²) in [6.45, 7) is 11.3. The van der Waals surface area contributed by atoms with E-state index in [-0.39, 0.29) is 52.6 Å². The summed E-state index contributed by atoms with van der Waals surface area (Å²) in [6.07, 6.45) is 41.5. The molecule has 0 heterocycles. The molecule has 0 saturated heterocycles. The smallest absolute Gasteiger partial charge is 0.336 e. The van der Waals surface area contributed by atoms with Crippen molar-refractivity contribution in [2.45, 2.75) is 322 Å². The van der Waals surface area contributed by atoms with Gasteiger partial charge < -0.3 is 44.3 Å². The van der Waals surface area contributed by atoms with Crippen molar-refractivity contribution in [1.29, 1.82) is 0 Å². The number of hydrogen-bond acceptors (Lipinski definition) is 15. The molecule has 0 radical (unpaired) electrons. The molecule has 15 heteroatoms. The zero-order valence-electron chi connectivity index (χ0n) is 53.9. The number of esters is 4. The van der Waals surface area contributed by atoms with Crippen LogP contribution in [0.3, 0.4) is 0 Å².